The third-order valence-electron chi connectivity index (χ3n) is 3.55. The molecule has 0 radical (unpaired) electrons. The summed E-state index contributed by atoms with van der Waals surface area (Å²) in [6, 6.07) is 0.679. The molecular formula is C16H19F2NO5S. The minimum Gasteiger partial charge on any atom is -0.480 e. The van der Waals surface area contributed by atoms with Crippen molar-refractivity contribution in [3.8, 4) is 0 Å². The van der Waals surface area contributed by atoms with Crippen LogP contribution in [0.1, 0.15) is 35.6 Å². The third kappa shape index (κ3) is 6.43. The Hall–Kier alpha value is -2.00. The van der Waals surface area contributed by atoms with Crippen molar-refractivity contribution in [2.75, 3.05) is 7.11 Å². The Labute approximate surface area is 148 Å². The van der Waals surface area contributed by atoms with E-state index in [4.69, 9.17) is 10.8 Å². The van der Waals surface area contributed by atoms with Gasteiger partial charge in [-0.3, -0.25) is 14.4 Å². The quantitative estimate of drug-likeness (QED) is 0.345. The Kier molecular flexibility index (Phi) is 7.98. The molecule has 0 bridgehead atoms. The van der Waals surface area contributed by atoms with Crippen LogP contribution < -0.4 is 5.73 Å². The highest BCUT2D eigenvalue weighted by Gasteiger charge is 2.20. The van der Waals surface area contributed by atoms with Gasteiger partial charge < -0.3 is 15.6 Å². The molecule has 1 aromatic carbocycles. The van der Waals surface area contributed by atoms with Crippen LogP contribution in [0.2, 0.25) is 0 Å². The number of halogens is 2. The Balaban J connectivity index is 2.82. The molecule has 0 amide bonds. The summed E-state index contributed by atoms with van der Waals surface area (Å²) in [5.74, 6) is -4.13. The monoisotopic (exact) mass is 375 g/mol. The van der Waals surface area contributed by atoms with E-state index in [0.717, 1.165) is 19.2 Å². The maximum absolute atomic E-state index is 14.2. The molecule has 0 aliphatic rings. The largest absolute Gasteiger partial charge is 0.480 e. The first kappa shape index (κ1) is 21.0. The number of rotatable bonds is 9. The van der Waals surface area contributed by atoms with Crippen LogP contribution in [-0.4, -0.2) is 36.0 Å². The zero-order valence-corrected chi connectivity index (χ0v) is 14.4. The van der Waals surface area contributed by atoms with Crippen molar-refractivity contribution in [3.05, 3.63) is 34.9 Å². The minimum atomic E-state index is -1.19. The molecule has 25 heavy (non-hydrogen) atoms. The average Bonchev–Trinajstić information content (AvgIpc) is 2.54. The highest BCUT2D eigenvalue weighted by molar-refractivity contribution is 7.80. The second-order valence-electron chi connectivity index (χ2n) is 5.47. The number of hydrogen-bond donors (Lipinski definition) is 3. The fraction of sp³-hybridized carbons (Fsp3) is 0.438. The number of Topliss-reactive ketones (excluding diaryl/α,β-unsaturated/α-hetero) is 1. The van der Waals surface area contributed by atoms with Crippen molar-refractivity contribution < 1.29 is 33.0 Å². The van der Waals surface area contributed by atoms with E-state index >= 15 is 0 Å². The van der Waals surface area contributed by atoms with E-state index < -0.39 is 53.5 Å². The molecule has 138 valence electrons. The molecule has 0 spiro atoms. The van der Waals surface area contributed by atoms with E-state index in [9.17, 15) is 23.2 Å². The van der Waals surface area contributed by atoms with Crippen molar-refractivity contribution in [1.82, 2.24) is 0 Å². The predicted octanol–water partition coefficient (Wildman–Crippen LogP) is 1.80. The van der Waals surface area contributed by atoms with Gasteiger partial charge in [0.25, 0.3) is 0 Å². The molecule has 0 heterocycles. The van der Waals surface area contributed by atoms with Crippen molar-refractivity contribution in [2.45, 2.75) is 37.0 Å². The van der Waals surface area contributed by atoms with Crippen LogP contribution in [0.4, 0.5) is 8.78 Å². The van der Waals surface area contributed by atoms with Crippen LogP contribution in [0.3, 0.4) is 0 Å². The summed E-state index contributed by atoms with van der Waals surface area (Å²) in [5, 5.41) is 7.97. The summed E-state index contributed by atoms with van der Waals surface area (Å²) in [6.07, 6.45) is -0.793. The van der Waals surface area contributed by atoms with Crippen LogP contribution in [-0.2, 0) is 25.5 Å². The second kappa shape index (κ2) is 9.47. The molecule has 0 aliphatic carbocycles. The number of ether oxygens (including phenoxy) is 1. The van der Waals surface area contributed by atoms with Crippen molar-refractivity contribution in [1.29, 1.82) is 0 Å². The lowest BCUT2D eigenvalue weighted by Crippen LogP contribution is -2.30. The van der Waals surface area contributed by atoms with Crippen LogP contribution in [0.25, 0.3) is 0 Å². The topological polar surface area (TPSA) is 107 Å². The number of carbonyl (C=O) groups is 3. The van der Waals surface area contributed by atoms with Gasteiger partial charge in [-0.1, -0.05) is 0 Å². The van der Waals surface area contributed by atoms with Gasteiger partial charge in [-0.15, -0.1) is 0 Å². The summed E-state index contributed by atoms with van der Waals surface area (Å²) in [5.41, 5.74) is 5.13. The number of methoxy groups -OCH3 is 1. The summed E-state index contributed by atoms with van der Waals surface area (Å²) in [6.45, 7) is 0. The van der Waals surface area contributed by atoms with E-state index in [-0.39, 0.29) is 24.0 Å². The number of nitrogens with two attached hydrogens (primary N) is 1. The SMILES string of the molecule is COC(=O)CC(=O)Cc1cc(F)c(C(S)CC[C@H](N)C(=O)O)cc1F. The summed E-state index contributed by atoms with van der Waals surface area (Å²) in [7, 11) is 1.12. The minimum absolute atomic E-state index is 0.0456. The van der Waals surface area contributed by atoms with Crippen LogP contribution in [0.5, 0.6) is 0 Å². The van der Waals surface area contributed by atoms with Crippen molar-refractivity contribution in [2.24, 2.45) is 5.73 Å². The molecular weight excluding hydrogens is 356 g/mol. The molecule has 1 aromatic rings. The molecule has 0 saturated heterocycles. The zero-order valence-electron chi connectivity index (χ0n) is 13.5. The van der Waals surface area contributed by atoms with E-state index in [1.54, 1.807) is 0 Å². The van der Waals surface area contributed by atoms with Gasteiger partial charge in [0, 0.05) is 17.2 Å². The number of hydrogen-bond acceptors (Lipinski definition) is 6. The predicted molar refractivity (Wildman–Crippen MR) is 88.3 cm³/mol. The fourth-order valence-corrected chi connectivity index (χ4v) is 2.47. The smallest absolute Gasteiger partial charge is 0.320 e. The molecule has 0 fully saturated rings. The van der Waals surface area contributed by atoms with Gasteiger partial charge in [0.1, 0.15) is 29.9 Å². The van der Waals surface area contributed by atoms with Crippen LogP contribution in [0, 0.1) is 11.6 Å². The van der Waals surface area contributed by atoms with Crippen molar-refractivity contribution in [3.63, 3.8) is 0 Å². The van der Waals surface area contributed by atoms with Gasteiger partial charge in [0.15, 0.2) is 0 Å². The van der Waals surface area contributed by atoms with Gasteiger partial charge in [-0.05, 0) is 30.5 Å². The van der Waals surface area contributed by atoms with Gasteiger partial charge >= 0.3 is 11.9 Å². The lowest BCUT2D eigenvalue weighted by Gasteiger charge is -2.15. The average molecular weight is 375 g/mol. The second-order valence-corrected chi connectivity index (χ2v) is 6.09. The van der Waals surface area contributed by atoms with Gasteiger partial charge in [0.2, 0.25) is 0 Å². The molecule has 1 unspecified atom stereocenters. The Morgan fingerprint density at radius 3 is 2.44 bits per heavy atom. The normalized spacial score (nSPS) is 13.2. The standard InChI is InChI=1S/C16H19F2NO5S/c1-24-15(21)6-9(20)4-8-5-12(18)10(7-11(8)17)14(25)3-2-13(19)16(22)23/h5,7,13-14,25H,2-4,6,19H2,1H3,(H,22,23)/t13-,14?/m0/s1. The number of carboxylic acid groups (broad SMARTS) is 1. The Morgan fingerprint density at radius 2 is 1.88 bits per heavy atom. The molecule has 1 rings (SSSR count). The number of thiol groups is 1. The number of carbonyl (C=O) groups excluding carboxylic acids is 2. The molecule has 0 aromatic heterocycles. The molecule has 9 heteroatoms. The Morgan fingerprint density at radius 1 is 1.24 bits per heavy atom. The van der Waals surface area contributed by atoms with Gasteiger partial charge in [-0.2, -0.15) is 12.6 Å². The summed E-state index contributed by atoms with van der Waals surface area (Å²) in [4.78, 5) is 33.3. The van der Waals surface area contributed by atoms with E-state index in [0.29, 0.717) is 0 Å². The van der Waals surface area contributed by atoms with Crippen molar-refractivity contribution >= 4 is 30.4 Å². The number of aliphatic carboxylic acids is 1. The van der Waals surface area contributed by atoms with E-state index in [1.165, 1.54) is 0 Å². The molecule has 2 atom stereocenters. The number of carboxylic acids is 1. The highest BCUT2D eigenvalue weighted by atomic mass is 32.1. The first-order chi connectivity index (χ1) is 11.6. The first-order valence-corrected chi connectivity index (χ1v) is 7.90. The van der Waals surface area contributed by atoms with Gasteiger partial charge in [0.05, 0.1) is 7.11 Å². The molecule has 6 nitrogen and oxygen atoms in total. The maximum atomic E-state index is 14.2. The fourth-order valence-electron chi connectivity index (χ4n) is 2.12. The van der Waals surface area contributed by atoms with Crippen LogP contribution in [0.15, 0.2) is 12.1 Å². The summed E-state index contributed by atoms with van der Waals surface area (Å²) >= 11 is 4.16. The number of esters is 1. The maximum Gasteiger partial charge on any atom is 0.320 e. The summed E-state index contributed by atoms with van der Waals surface area (Å²) < 4.78 is 32.6. The molecule has 0 aliphatic heterocycles. The number of ketones is 1. The zero-order chi connectivity index (χ0) is 19.1. The molecule has 3 N–H and O–H groups in total. The van der Waals surface area contributed by atoms with E-state index in [2.05, 4.69) is 17.4 Å². The molecule has 0 saturated carbocycles. The van der Waals surface area contributed by atoms with Crippen LogP contribution >= 0.6 is 12.6 Å². The lowest BCUT2D eigenvalue weighted by atomic mass is 9.99. The lowest BCUT2D eigenvalue weighted by molar-refractivity contribution is -0.143. The number of benzene rings is 1. The Bertz CT molecular complexity index is 668. The third-order valence-corrected chi connectivity index (χ3v) is 4.09. The highest BCUT2D eigenvalue weighted by Crippen LogP contribution is 2.30. The first-order valence-electron chi connectivity index (χ1n) is 7.38. The van der Waals surface area contributed by atoms with E-state index in [1.807, 2.05) is 0 Å². The van der Waals surface area contributed by atoms with Gasteiger partial charge in [-0.25, -0.2) is 8.78 Å².